The quantitative estimate of drug-likeness (QED) is 0.466. The Hall–Kier alpha value is -1.32. The lowest BCUT2D eigenvalue weighted by atomic mass is 9.74. The second-order valence-corrected chi connectivity index (χ2v) is 6.91. The van der Waals surface area contributed by atoms with Crippen molar-refractivity contribution in [2.75, 3.05) is 13.9 Å². The van der Waals surface area contributed by atoms with Crippen molar-refractivity contribution in [2.24, 2.45) is 0 Å². The second-order valence-electron chi connectivity index (χ2n) is 6.91. The first-order chi connectivity index (χ1) is 11.3. The summed E-state index contributed by atoms with van der Waals surface area (Å²) in [4.78, 5) is 0. The van der Waals surface area contributed by atoms with Crippen LogP contribution < -0.4 is 10.2 Å². The molecule has 4 nitrogen and oxygen atoms in total. The molecule has 0 N–H and O–H groups in total. The van der Waals surface area contributed by atoms with Crippen LogP contribution in [0.4, 0.5) is 17.6 Å². The molecule has 0 aliphatic carbocycles. The molecule has 0 amide bonds. The normalized spacial score (nSPS) is 19.4. The summed E-state index contributed by atoms with van der Waals surface area (Å²) in [5.41, 5.74) is -3.03. The van der Waals surface area contributed by atoms with E-state index < -0.39 is 35.9 Å². The SMILES string of the molecule is COCOc1cc(C(F)(F)F)c(F)c(C)c1B1OC(C)(C)C(C)(C)O1. The average Bonchev–Trinajstić information content (AvgIpc) is 2.66. The molecule has 0 spiro atoms. The number of alkyl halides is 3. The zero-order valence-electron chi connectivity index (χ0n) is 15.0. The largest absolute Gasteiger partial charge is 0.499 e. The molecule has 9 heteroatoms. The summed E-state index contributed by atoms with van der Waals surface area (Å²) in [6.07, 6.45) is -4.85. The summed E-state index contributed by atoms with van der Waals surface area (Å²) in [5, 5.41) is 0. The monoisotopic (exact) mass is 364 g/mol. The Bertz CT molecular complexity index is 643. The molecule has 0 saturated carbocycles. The highest BCUT2D eigenvalue weighted by molar-refractivity contribution is 6.63. The predicted octanol–water partition coefficient (Wildman–Crippen LogP) is 3.43. The van der Waals surface area contributed by atoms with E-state index in [0.717, 1.165) is 0 Å². The number of benzene rings is 1. The van der Waals surface area contributed by atoms with Crippen LogP contribution >= 0.6 is 0 Å². The number of hydrogen-bond acceptors (Lipinski definition) is 4. The third-order valence-corrected chi connectivity index (χ3v) is 4.64. The highest BCUT2D eigenvalue weighted by Crippen LogP contribution is 2.39. The fraction of sp³-hybridized carbons (Fsp3) is 0.625. The van der Waals surface area contributed by atoms with E-state index >= 15 is 0 Å². The van der Waals surface area contributed by atoms with Crippen molar-refractivity contribution in [3.8, 4) is 5.75 Å². The van der Waals surface area contributed by atoms with E-state index in [4.69, 9.17) is 18.8 Å². The lowest BCUT2D eigenvalue weighted by Gasteiger charge is -2.32. The minimum Gasteiger partial charge on any atom is -0.468 e. The Morgan fingerprint density at radius 2 is 1.64 bits per heavy atom. The van der Waals surface area contributed by atoms with Crippen LogP contribution in [0, 0.1) is 12.7 Å². The van der Waals surface area contributed by atoms with Crippen molar-refractivity contribution < 1.29 is 36.3 Å². The van der Waals surface area contributed by atoms with Crippen molar-refractivity contribution in [3.05, 3.63) is 23.0 Å². The fourth-order valence-corrected chi connectivity index (χ4v) is 2.48. The van der Waals surface area contributed by atoms with Gasteiger partial charge in [-0.2, -0.15) is 13.2 Å². The fourth-order valence-electron chi connectivity index (χ4n) is 2.48. The van der Waals surface area contributed by atoms with Gasteiger partial charge in [-0.05, 0) is 46.2 Å². The van der Waals surface area contributed by atoms with Gasteiger partial charge in [0, 0.05) is 12.6 Å². The summed E-state index contributed by atoms with van der Waals surface area (Å²) in [6.45, 7) is 8.10. The molecule has 0 atom stereocenters. The van der Waals surface area contributed by atoms with Crippen LogP contribution in [-0.2, 0) is 20.2 Å². The van der Waals surface area contributed by atoms with E-state index in [1.165, 1.54) is 14.0 Å². The van der Waals surface area contributed by atoms with Crippen molar-refractivity contribution in [1.82, 2.24) is 0 Å². The molecule has 2 rings (SSSR count). The predicted molar refractivity (Wildman–Crippen MR) is 84.4 cm³/mol. The van der Waals surface area contributed by atoms with Gasteiger partial charge in [0.05, 0.1) is 16.8 Å². The Balaban J connectivity index is 2.59. The van der Waals surface area contributed by atoms with E-state index in [1.807, 2.05) is 0 Å². The maximum absolute atomic E-state index is 14.4. The number of methoxy groups -OCH3 is 1. The van der Waals surface area contributed by atoms with Crippen LogP contribution in [0.3, 0.4) is 0 Å². The van der Waals surface area contributed by atoms with E-state index in [0.29, 0.717) is 6.07 Å². The third kappa shape index (κ3) is 3.63. The first kappa shape index (κ1) is 20.0. The minimum absolute atomic E-state index is 0.0844. The van der Waals surface area contributed by atoms with Gasteiger partial charge in [0.25, 0.3) is 0 Å². The van der Waals surface area contributed by atoms with Gasteiger partial charge in [0.1, 0.15) is 11.6 Å². The minimum atomic E-state index is -4.85. The summed E-state index contributed by atoms with van der Waals surface area (Å²) in [5.74, 6) is -1.56. The molecule has 1 aliphatic heterocycles. The first-order valence-electron chi connectivity index (χ1n) is 7.69. The molecule has 1 aromatic rings. The summed E-state index contributed by atoms with van der Waals surface area (Å²) >= 11 is 0. The first-order valence-corrected chi connectivity index (χ1v) is 7.69. The molecule has 1 saturated heterocycles. The van der Waals surface area contributed by atoms with Gasteiger partial charge in [-0.15, -0.1) is 0 Å². The maximum Gasteiger partial charge on any atom is 0.499 e. The van der Waals surface area contributed by atoms with Crippen molar-refractivity contribution in [1.29, 1.82) is 0 Å². The van der Waals surface area contributed by atoms with Crippen LogP contribution in [0.15, 0.2) is 6.07 Å². The number of hydrogen-bond donors (Lipinski definition) is 0. The maximum atomic E-state index is 14.4. The zero-order valence-corrected chi connectivity index (χ0v) is 15.0. The molecule has 1 aromatic carbocycles. The van der Waals surface area contributed by atoms with E-state index in [2.05, 4.69) is 0 Å². The van der Waals surface area contributed by atoms with Gasteiger partial charge < -0.3 is 18.8 Å². The lowest BCUT2D eigenvalue weighted by Crippen LogP contribution is -2.41. The van der Waals surface area contributed by atoms with Crippen LogP contribution in [-0.4, -0.2) is 32.2 Å². The zero-order chi connectivity index (χ0) is 19.2. The molecule has 0 radical (unpaired) electrons. The van der Waals surface area contributed by atoms with Gasteiger partial charge in [-0.3, -0.25) is 0 Å². The molecule has 140 valence electrons. The molecule has 1 fully saturated rings. The standard InChI is InChI=1S/C16H21BF4O4/c1-9-12(17-24-14(2,3)15(4,5)25-17)11(23-8-22-6)7-10(13(9)18)16(19,20)21/h7H,8H2,1-6H3. The van der Waals surface area contributed by atoms with E-state index in [9.17, 15) is 17.6 Å². The molecule has 1 aliphatic rings. The van der Waals surface area contributed by atoms with E-state index in [-0.39, 0.29) is 23.6 Å². The van der Waals surface area contributed by atoms with Gasteiger partial charge in [0.2, 0.25) is 0 Å². The van der Waals surface area contributed by atoms with Crippen LogP contribution in [0.5, 0.6) is 5.75 Å². The molecule has 0 bridgehead atoms. The second kappa shape index (κ2) is 6.44. The highest BCUT2D eigenvalue weighted by atomic mass is 19.4. The molecule has 1 heterocycles. The summed E-state index contributed by atoms with van der Waals surface area (Å²) < 4.78 is 75.4. The van der Waals surface area contributed by atoms with Gasteiger partial charge >= 0.3 is 13.3 Å². The number of ether oxygens (including phenoxy) is 2. The highest BCUT2D eigenvalue weighted by Gasteiger charge is 2.53. The Labute approximate surface area is 144 Å². The van der Waals surface area contributed by atoms with Crippen LogP contribution in [0.25, 0.3) is 0 Å². The molecular formula is C16H21BF4O4. The summed E-state index contributed by atoms with van der Waals surface area (Å²) in [7, 11) is 0.267. The third-order valence-electron chi connectivity index (χ3n) is 4.64. The smallest absolute Gasteiger partial charge is 0.468 e. The van der Waals surface area contributed by atoms with Gasteiger partial charge in [-0.25, -0.2) is 4.39 Å². The topological polar surface area (TPSA) is 36.9 Å². The molecule has 0 aromatic heterocycles. The Kier molecular flexibility index (Phi) is 5.16. The van der Waals surface area contributed by atoms with Crippen molar-refractivity contribution in [2.45, 2.75) is 52.0 Å². The molecule has 0 unspecified atom stereocenters. The average molecular weight is 364 g/mol. The molecule has 25 heavy (non-hydrogen) atoms. The van der Waals surface area contributed by atoms with Crippen molar-refractivity contribution >= 4 is 12.6 Å². The van der Waals surface area contributed by atoms with Gasteiger partial charge in [-0.1, -0.05) is 0 Å². The van der Waals surface area contributed by atoms with Crippen molar-refractivity contribution in [3.63, 3.8) is 0 Å². The van der Waals surface area contributed by atoms with Crippen LogP contribution in [0.1, 0.15) is 38.8 Å². The van der Waals surface area contributed by atoms with Crippen LogP contribution in [0.2, 0.25) is 0 Å². The Morgan fingerprint density at radius 1 is 1.12 bits per heavy atom. The van der Waals surface area contributed by atoms with Gasteiger partial charge in [0.15, 0.2) is 6.79 Å². The van der Waals surface area contributed by atoms with E-state index in [1.54, 1.807) is 27.7 Å². The lowest BCUT2D eigenvalue weighted by molar-refractivity contribution is -0.140. The number of rotatable bonds is 4. The molecular weight excluding hydrogens is 343 g/mol. The Morgan fingerprint density at radius 3 is 2.08 bits per heavy atom. The number of halogens is 4. The summed E-state index contributed by atoms with van der Waals surface area (Å²) in [6, 6.07) is 0.613.